The molecule has 0 aliphatic rings. The van der Waals surface area contributed by atoms with E-state index >= 15 is 0 Å². The number of nitrogens with zero attached hydrogens (tertiary/aromatic N) is 5. The van der Waals surface area contributed by atoms with Crippen LogP contribution in [0.5, 0.6) is 11.5 Å². The van der Waals surface area contributed by atoms with Crippen molar-refractivity contribution in [2.75, 3.05) is 0 Å². The molecule has 7 nitrogen and oxygen atoms in total. The fourth-order valence-corrected chi connectivity index (χ4v) is 3.29. The minimum absolute atomic E-state index is 0.00674. The first-order valence-corrected chi connectivity index (χ1v) is 8.66. The molecule has 0 bridgehead atoms. The lowest BCUT2D eigenvalue weighted by Crippen LogP contribution is -2.03. The van der Waals surface area contributed by atoms with Gasteiger partial charge in [0.05, 0.1) is 17.4 Å². The molecule has 134 valence electrons. The summed E-state index contributed by atoms with van der Waals surface area (Å²) < 4.78 is 3.49. The van der Waals surface area contributed by atoms with Crippen LogP contribution in [0.4, 0.5) is 0 Å². The van der Waals surface area contributed by atoms with Gasteiger partial charge in [0.15, 0.2) is 5.75 Å². The van der Waals surface area contributed by atoms with Crippen LogP contribution in [0, 0.1) is 0 Å². The molecule has 4 heterocycles. The van der Waals surface area contributed by atoms with Crippen LogP contribution in [-0.2, 0) is 6.42 Å². The summed E-state index contributed by atoms with van der Waals surface area (Å²) in [6.45, 7) is 6.02. The fourth-order valence-electron chi connectivity index (χ4n) is 3.29. The van der Waals surface area contributed by atoms with E-state index in [9.17, 15) is 10.2 Å². The summed E-state index contributed by atoms with van der Waals surface area (Å²) in [5.74, 6) is 1.10. The Morgan fingerprint density at radius 3 is 2.62 bits per heavy atom. The highest BCUT2D eigenvalue weighted by Crippen LogP contribution is 2.29. The topological polar surface area (TPSA) is 88.0 Å². The summed E-state index contributed by atoms with van der Waals surface area (Å²) in [7, 11) is 0. The van der Waals surface area contributed by atoms with E-state index < -0.39 is 0 Å². The first-order valence-electron chi connectivity index (χ1n) is 8.66. The molecule has 0 aliphatic carbocycles. The van der Waals surface area contributed by atoms with Gasteiger partial charge in [0.25, 0.3) is 0 Å². The second-order valence-electron chi connectivity index (χ2n) is 7.04. The molecule has 26 heavy (non-hydrogen) atoms. The second kappa shape index (κ2) is 6.01. The van der Waals surface area contributed by atoms with E-state index in [2.05, 4.69) is 15.1 Å². The van der Waals surface area contributed by atoms with Crippen LogP contribution in [0.25, 0.3) is 11.3 Å². The maximum atomic E-state index is 10.3. The third-order valence-electron chi connectivity index (χ3n) is 4.60. The number of aromatic hydroxyl groups is 2. The van der Waals surface area contributed by atoms with Gasteiger partial charge in [-0.1, -0.05) is 20.8 Å². The van der Waals surface area contributed by atoms with Crippen molar-refractivity contribution in [3.8, 4) is 11.5 Å². The van der Waals surface area contributed by atoms with Crippen molar-refractivity contribution >= 4 is 11.3 Å². The largest absolute Gasteiger partial charge is 0.506 e. The maximum Gasteiger partial charge on any atom is 0.234 e. The first kappa shape index (κ1) is 16.4. The number of fused-ring (bicyclic) bond motifs is 2. The fraction of sp³-hybridized carbons (Fsp3) is 0.316. The van der Waals surface area contributed by atoms with Crippen molar-refractivity contribution in [3.63, 3.8) is 0 Å². The summed E-state index contributed by atoms with van der Waals surface area (Å²) in [6, 6.07) is 3.74. The third-order valence-corrected chi connectivity index (χ3v) is 4.60. The molecular formula is C19H21N5O2. The van der Waals surface area contributed by atoms with E-state index in [0.29, 0.717) is 23.6 Å². The standard InChI is InChI=1S/C19H21N5O2/c1-11(2)17-15(25)8-14-7-13(9-24(14)22-17)6-12(3)18-16(26)10-23-5-4-20-19(23)21-18/h4-5,7-12,25-26H,6H2,1-3H3. The minimum atomic E-state index is 0.00674. The number of hydrogen-bond acceptors (Lipinski definition) is 5. The van der Waals surface area contributed by atoms with Crippen LogP contribution < -0.4 is 0 Å². The zero-order chi connectivity index (χ0) is 18.4. The molecule has 0 aliphatic heterocycles. The summed E-state index contributed by atoms with van der Waals surface area (Å²) in [4.78, 5) is 8.65. The van der Waals surface area contributed by atoms with Crippen LogP contribution in [0.1, 0.15) is 49.6 Å². The van der Waals surface area contributed by atoms with Crippen molar-refractivity contribution in [2.24, 2.45) is 0 Å². The van der Waals surface area contributed by atoms with Gasteiger partial charge in [0, 0.05) is 36.5 Å². The molecule has 4 aromatic heterocycles. The quantitative estimate of drug-likeness (QED) is 0.589. The molecule has 0 fully saturated rings. The molecule has 0 spiro atoms. The van der Waals surface area contributed by atoms with E-state index in [1.54, 1.807) is 33.6 Å². The van der Waals surface area contributed by atoms with Gasteiger partial charge in [-0.25, -0.2) is 14.5 Å². The zero-order valence-corrected chi connectivity index (χ0v) is 15.0. The van der Waals surface area contributed by atoms with Gasteiger partial charge in [-0.05, 0) is 18.1 Å². The Balaban J connectivity index is 1.66. The number of hydrogen-bond donors (Lipinski definition) is 2. The summed E-state index contributed by atoms with van der Waals surface area (Å²) in [5, 5.41) is 24.9. The van der Waals surface area contributed by atoms with E-state index in [1.807, 2.05) is 33.0 Å². The molecule has 0 aromatic carbocycles. The molecule has 0 amide bonds. The van der Waals surface area contributed by atoms with Gasteiger partial charge < -0.3 is 10.2 Å². The van der Waals surface area contributed by atoms with E-state index in [1.165, 1.54) is 0 Å². The van der Waals surface area contributed by atoms with Gasteiger partial charge >= 0.3 is 0 Å². The maximum absolute atomic E-state index is 10.3. The van der Waals surface area contributed by atoms with Gasteiger partial charge in [-0.3, -0.25) is 4.40 Å². The molecule has 0 saturated heterocycles. The van der Waals surface area contributed by atoms with Crippen LogP contribution in [0.2, 0.25) is 0 Å². The predicted octanol–water partition coefficient (Wildman–Crippen LogP) is 3.26. The van der Waals surface area contributed by atoms with Crippen LogP contribution in [0.15, 0.2) is 36.9 Å². The average molecular weight is 351 g/mol. The lowest BCUT2D eigenvalue weighted by Gasteiger charge is -2.11. The lowest BCUT2D eigenvalue weighted by atomic mass is 9.99. The molecule has 7 heteroatoms. The Morgan fingerprint density at radius 1 is 1.04 bits per heavy atom. The molecule has 1 atom stereocenters. The minimum Gasteiger partial charge on any atom is -0.506 e. The zero-order valence-electron chi connectivity index (χ0n) is 15.0. The van der Waals surface area contributed by atoms with E-state index in [-0.39, 0.29) is 23.3 Å². The van der Waals surface area contributed by atoms with Crippen LogP contribution in [0.3, 0.4) is 0 Å². The average Bonchev–Trinajstić information content (AvgIpc) is 3.18. The summed E-state index contributed by atoms with van der Waals surface area (Å²) >= 11 is 0. The number of imidazole rings is 1. The highest BCUT2D eigenvalue weighted by Gasteiger charge is 2.17. The SMILES string of the molecule is CC(C)c1nn2cc(CC(C)c3nc4nccn4cc3O)cc2cc1O. The molecule has 0 radical (unpaired) electrons. The molecule has 2 N–H and O–H groups in total. The normalized spacial score (nSPS) is 13.1. The predicted molar refractivity (Wildman–Crippen MR) is 97.7 cm³/mol. The van der Waals surface area contributed by atoms with Crippen molar-refractivity contribution < 1.29 is 10.2 Å². The monoisotopic (exact) mass is 351 g/mol. The second-order valence-corrected chi connectivity index (χ2v) is 7.04. The number of aromatic nitrogens is 5. The van der Waals surface area contributed by atoms with Gasteiger partial charge in [0.1, 0.15) is 11.4 Å². The molecule has 1 unspecified atom stereocenters. The summed E-state index contributed by atoms with van der Waals surface area (Å²) in [5.41, 5.74) is 3.21. The third kappa shape index (κ3) is 2.75. The lowest BCUT2D eigenvalue weighted by molar-refractivity contribution is 0.453. The van der Waals surface area contributed by atoms with Gasteiger partial charge in [-0.2, -0.15) is 5.10 Å². The van der Waals surface area contributed by atoms with Crippen molar-refractivity contribution in [3.05, 3.63) is 53.9 Å². The molecule has 4 rings (SSSR count). The Labute approximate surface area is 150 Å². The Kier molecular flexibility index (Phi) is 3.79. The van der Waals surface area contributed by atoms with Gasteiger partial charge in [-0.15, -0.1) is 0 Å². The smallest absolute Gasteiger partial charge is 0.234 e. The molecule has 4 aromatic rings. The van der Waals surface area contributed by atoms with Crippen LogP contribution in [-0.4, -0.2) is 34.2 Å². The van der Waals surface area contributed by atoms with Crippen LogP contribution >= 0.6 is 0 Å². The molecule has 0 saturated carbocycles. The Hall–Kier alpha value is -3.09. The van der Waals surface area contributed by atoms with Gasteiger partial charge in [0.2, 0.25) is 5.78 Å². The highest BCUT2D eigenvalue weighted by molar-refractivity contribution is 5.54. The van der Waals surface area contributed by atoms with E-state index in [0.717, 1.165) is 11.1 Å². The van der Waals surface area contributed by atoms with E-state index in [4.69, 9.17) is 0 Å². The van der Waals surface area contributed by atoms with Crippen molar-refractivity contribution in [1.29, 1.82) is 0 Å². The highest BCUT2D eigenvalue weighted by atomic mass is 16.3. The Morgan fingerprint density at radius 2 is 1.85 bits per heavy atom. The summed E-state index contributed by atoms with van der Waals surface area (Å²) in [6.07, 6.45) is 7.69. The van der Waals surface area contributed by atoms with Crippen molar-refractivity contribution in [1.82, 2.24) is 24.0 Å². The Bertz CT molecular complexity index is 1100. The first-order chi connectivity index (χ1) is 12.4. The number of rotatable bonds is 4. The van der Waals surface area contributed by atoms with Crippen molar-refractivity contribution in [2.45, 2.75) is 39.0 Å². The molecular weight excluding hydrogens is 330 g/mol.